The van der Waals surface area contributed by atoms with Crippen LogP contribution in [0.5, 0.6) is 0 Å². The standard InChI is InChI=1S/C10H19N3O2S/c1-7(2)16(14,15)6-5-13-9(4)10(11)8(3)12-13/h7H,5-6,11H2,1-4H3. The average Bonchev–Trinajstić information content (AvgIpc) is 2.43. The molecule has 0 aliphatic heterocycles. The molecule has 0 saturated carbocycles. The third-order valence-electron chi connectivity index (χ3n) is 2.74. The van der Waals surface area contributed by atoms with Crippen LogP contribution in [0.15, 0.2) is 0 Å². The Morgan fingerprint density at radius 1 is 1.38 bits per heavy atom. The van der Waals surface area contributed by atoms with Crippen LogP contribution in [-0.4, -0.2) is 29.2 Å². The summed E-state index contributed by atoms with van der Waals surface area (Å²) in [5.41, 5.74) is 7.99. The van der Waals surface area contributed by atoms with E-state index >= 15 is 0 Å². The van der Waals surface area contributed by atoms with Crippen LogP contribution in [0.4, 0.5) is 5.69 Å². The Morgan fingerprint density at radius 2 is 1.94 bits per heavy atom. The molecule has 1 aromatic heterocycles. The Hall–Kier alpha value is -1.04. The van der Waals surface area contributed by atoms with Gasteiger partial charge < -0.3 is 5.73 Å². The molecule has 92 valence electrons. The lowest BCUT2D eigenvalue weighted by atomic mass is 10.3. The molecule has 0 unspecified atom stereocenters. The Bertz CT molecular complexity index is 474. The Labute approximate surface area is 96.6 Å². The van der Waals surface area contributed by atoms with E-state index in [0.29, 0.717) is 12.2 Å². The summed E-state index contributed by atoms with van der Waals surface area (Å²) in [7, 11) is -3.02. The van der Waals surface area contributed by atoms with Crippen molar-refractivity contribution in [1.29, 1.82) is 0 Å². The number of aromatic nitrogens is 2. The Kier molecular flexibility index (Phi) is 3.62. The summed E-state index contributed by atoms with van der Waals surface area (Å²) in [5.74, 6) is 0.103. The fourth-order valence-corrected chi connectivity index (χ4v) is 2.28. The number of anilines is 1. The van der Waals surface area contributed by atoms with Crippen LogP contribution >= 0.6 is 0 Å². The minimum atomic E-state index is -3.02. The number of hydrogen-bond acceptors (Lipinski definition) is 4. The largest absolute Gasteiger partial charge is 0.396 e. The molecule has 0 aliphatic carbocycles. The van der Waals surface area contributed by atoms with Crippen LogP contribution in [0.25, 0.3) is 0 Å². The highest BCUT2D eigenvalue weighted by atomic mass is 32.2. The fraction of sp³-hybridized carbons (Fsp3) is 0.700. The quantitative estimate of drug-likeness (QED) is 0.855. The highest BCUT2D eigenvalue weighted by molar-refractivity contribution is 7.91. The summed E-state index contributed by atoms with van der Waals surface area (Å²) in [6.45, 7) is 7.40. The molecule has 1 rings (SSSR count). The number of rotatable bonds is 4. The van der Waals surface area contributed by atoms with E-state index in [0.717, 1.165) is 11.4 Å². The van der Waals surface area contributed by atoms with E-state index in [1.54, 1.807) is 18.5 Å². The molecule has 6 heteroatoms. The summed E-state index contributed by atoms with van der Waals surface area (Å²) in [5, 5.41) is 3.85. The van der Waals surface area contributed by atoms with Crippen molar-refractivity contribution in [3.63, 3.8) is 0 Å². The Balaban J connectivity index is 2.80. The monoisotopic (exact) mass is 245 g/mol. The third-order valence-corrected chi connectivity index (χ3v) is 4.93. The molecule has 0 atom stereocenters. The molecule has 0 spiro atoms. The Morgan fingerprint density at radius 3 is 2.31 bits per heavy atom. The van der Waals surface area contributed by atoms with E-state index < -0.39 is 9.84 Å². The van der Waals surface area contributed by atoms with Gasteiger partial charge in [-0.1, -0.05) is 0 Å². The molecule has 0 aromatic carbocycles. The van der Waals surface area contributed by atoms with Crippen molar-refractivity contribution in [1.82, 2.24) is 9.78 Å². The van der Waals surface area contributed by atoms with E-state index in [-0.39, 0.29) is 11.0 Å². The predicted octanol–water partition coefficient (Wildman–Crippen LogP) is 0.905. The number of aryl methyl sites for hydroxylation is 2. The molecule has 0 aliphatic rings. The van der Waals surface area contributed by atoms with Gasteiger partial charge in [0.05, 0.1) is 34.6 Å². The SMILES string of the molecule is Cc1nn(CCS(=O)(=O)C(C)C)c(C)c1N. The third kappa shape index (κ3) is 2.55. The second-order valence-corrected chi connectivity index (χ2v) is 6.90. The topological polar surface area (TPSA) is 78.0 Å². The van der Waals surface area contributed by atoms with E-state index in [2.05, 4.69) is 5.10 Å². The lowest BCUT2D eigenvalue weighted by Gasteiger charge is -2.08. The van der Waals surface area contributed by atoms with Crippen LogP contribution in [-0.2, 0) is 16.4 Å². The number of nitrogen functional groups attached to an aromatic ring is 1. The normalized spacial score (nSPS) is 12.3. The second kappa shape index (κ2) is 4.45. The summed E-state index contributed by atoms with van der Waals surface area (Å²) < 4.78 is 24.9. The highest BCUT2D eigenvalue weighted by Gasteiger charge is 2.17. The van der Waals surface area contributed by atoms with Gasteiger partial charge >= 0.3 is 0 Å². The summed E-state index contributed by atoms with van der Waals surface area (Å²) in [6, 6.07) is 0. The van der Waals surface area contributed by atoms with Crippen molar-refractivity contribution >= 4 is 15.5 Å². The van der Waals surface area contributed by atoms with Crippen molar-refractivity contribution < 1.29 is 8.42 Å². The first-order valence-corrected chi connectivity index (χ1v) is 6.98. The number of sulfone groups is 1. The van der Waals surface area contributed by atoms with E-state index in [4.69, 9.17) is 5.73 Å². The number of hydrogen-bond donors (Lipinski definition) is 1. The van der Waals surface area contributed by atoms with Crippen LogP contribution in [0.2, 0.25) is 0 Å². The first kappa shape index (κ1) is 13.0. The maximum Gasteiger partial charge on any atom is 0.154 e. The molecule has 0 fully saturated rings. The minimum absolute atomic E-state index is 0.103. The summed E-state index contributed by atoms with van der Waals surface area (Å²) in [6.07, 6.45) is 0. The molecule has 1 heterocycles. The smallest absolute Gasteiger partial charge is 0.154 e. The van der Waals surface area contributed by atoms with Gasteiger partial charge in [-0.25, -0.2) is 8.42 Å². The van der Waals surface area contributed by atoms with Gasteiger partial charge in [0.25, 0.3) is 0 Å². The highest BCUT2D eigenvalue weighted by Crippen LogP contribution is 2.15. The van der Waals surface area contributed by atoms with E-state index in [1.807, 2.05) is 13.8 Å². The van der Waals surface area contributed by atoms with E-state index in [9.17, 15) is 8.42 Å². The number of nitrogens with zero attached hydrogens (tertiary/aromatic N) is 2. The molecule has 16 heavy (non-hydrogen) atoms. The zero-order valence-electron chi connectivity index (χ0n) is 10.2. The van der Waals surface area contributed by atoms with Crippen molar-refractivity contribution in [3.05, 3.63) is 11.4 Å². The van der Waals surface area contributed by atoms with Crippen molar-refractivity contribution in [2.45, 2.75) is 39.5 Å². The van der Waals surface area contributed by atoms with Gasteiger partial charge in [-0.05, 0) is 27.7 Å². The molecule has 0 radical (unpaired) electrons. The van der Waals surface area contributed by atoms with Crippen molar-refractivity contribution in [2.24, 2.45) is 0 Å². The van der Waals surface area contributed by atoms with Crippen molar-refractivity contribution in [3.8, 4) is 0 Å². The first-order valence-electron chi connectivity index (χ1n) is 5.26. The molecular weight excluding hydrogens is 226 g/mol. The molecular formula is C10H19N3O2S. The predicted molar refractivity (Wildman–Crippen MR) is 65.0 cm³/mol. The van der Waals surface area contributed by atoms with Crippen LogP contribution in [0, 0.1) is 13.8 Å². The molecule has 5 nitrogen and oxygen atoms in total. The van der Waals surface area contributed by atoms with Gasteiger partial charge in [0.15, 0.2) is 9.84 Å². The zero-order chi connectivity index (χ0) is 12.5. The van der Waals surface area contributed by atoms with Gasteiger partial charge in [-0.3, -0.25) is 4.68 Å². The van der Waals surface area contributed by atoms with Crippen LogP contribution in [0.3, 0.4) is 0 Å². The number of nitrogens with two attached hydrogens (primary N) is 1. The van der Waals surface area contributed by atoms with Gasteiger partial charge in [0.1, 0.15) is 0 Å². The van der Waals surface area contributed by atoms with Gasteiger partial charge in [-0.2, -0.15) is 5.10 Å². The molecule has 2 N–H and O–H groups in total. The minimum Gasteiger partial charge on any atom is -0.396 e. The fourth-order valence-electron chi connectivity index (χ4n) is 1.38. The molecule has 0 amide bonds. The maximum atomic E-state index is 11.6. The van der Waals surface area contributed by atoms with Crippen LogP contribution < -0.4 is 5.73 Å². The van der Waals surface area contributed by atoms with Gasteiger partial charge in [-0.15, -0.1) is 0 Å². The average molecular weight is 245 g/mol. The summed E-state index contributed by atoms with van der Waals surface area (Å²) in [4.78, 5) is 0. The lowest BCUT2D eigenvalue weighted by molar-refractivity contribution is 0.569. The second-order valence-electron chi connectivity index (χ2n) is 4.22. The molecule has 0 saturated heterocycles. The van der Waals surface area contributed by atoms with E-state index in [1.165, 1.54) is 0 Å². The zero-order valence-corrected chi connectivity index (χ0v) is 11.0. The maximum absolute atomic E-state index is 11.6. The van der Waals surface area contributed by atoms with Crippen LogP contribution in [0.1, 0.15) is 25.2 Å². The van der Waals surface area contributed by atoms with Crippen molar-refractivity contribution in [2.75, 3.05) is 11.5 Å². The van der Waals surface area contributed by atoms with Gasteiger partial charge in [0, 0.05) is 0 Å². The lowest BCUT2D eigenvalue weighted by Crippen LogP contribution is -2.22. The molecule has 1 aromatic rings. The van der Waals surface area contributed by atoms with Gasteiger partial charge in [0.2, 0.25) is 0 Å². The first-order chi connectivity index (χ1) is 7.25. The molecule has 0 bridgehead atoms. The summed E-state index contributed by atoms with van der Waals surface area (Å²) >= 11 is 0.